The third kappa shape index (κ3) is 3.75. The lowest BCUT2D eigenvalue weighted by Crippen LogP contribution is -2.31. The van der Waals surface area contributed by atoms with E-state index in [1.54, 1.807) is 25.1 Å². The Labute approximate surface area is 121 Å². The highest BCUT2D eigenvalue weighted by Crippen LogP contribution is 2.30. The molecule has 0 aromatic heterocycles. The summed E-state index contributed by atoms with van der Waals surface area (Å²) in [6, 6.07) is 4.99. The van der Waals surface area contributed by atoms with Crippen molar-refractivity contribution in [3.05, 3.63) is 29.3 Å². The second-order valence-corrected chi connectivity index (χ2v) is 6.01. The van der Waals surface area contributed by atoms with Gasteiger partial charge in [-0.3, -0.25) is 4.79 Å². The van der Waals surface area contributed by atoms with Gasteiger partial charge in [0, 0.05) is 12.1 Å². The minimum atomic E-state index is -0.0364. The van der Waals surface area contributed by atoms with E-state index in [9.17, 15) is 9.90 Å². The summed E-state index contributed by atoms with van der Waals surface area (Å²) in [7, 11) is 0. The first-order chi connectivity index (χ1) is 9.60. The Morgan fingerprint density at radius 2 is 1.90 bits per heavy atom. The van der Waals surface area contributed by atoms with E-state index in [0.29, 0.717) is 11.5 Å². The van der Waals surface area contributed by atoms with Gasteiger partial charge in [0.25, 0.3) is 5.91 Å². The van der Waals surface area contributed by atoms with Gasteiger partial charge in [0.1, 0.15) is 5.75 Å². The number of aromatic hydroxyl groups is 1. The number of nitrogens with one attached hydrogen (secondary N) is 1. The molecule has 0 heterocycles. The lowest BCUT2D eigenvalue weighted by atomic mass is 9.81. The molecule has 0 saturated heterocycles. The fourth-order valence-corrected chi connectivity index (χ4v) is 2.98. The predicted molar refractivity (Wildman–Crippen MR) is 80.9 cm³/mol. The van der Waals surface area contributed by atoms with Crippen LogP contribution < -0.4 is 5.32 Å². The number of carbonyl (C=O) groups is 1. The van der Waals surface area contributed by atoms with E-state index in [0.717, 1.165) is 18.0 Å². The molecule has 3 heteroatoms. The molecule has 1 aromatic carbocycles. The van der Waals surface area contributed by atoms with E-state index in [4.69, 9.17) is 0 Å². The molecule has 3 nitrogen and oxygen atoms in total. The Bertz CT molecular complexity index is 462. The van der Waals surface area contributed by atoms with Gasteiger partial charge in [0.2, 0.25) is 0 Å². The summed E-state index contributed by atoms with van der Waals surface area (Å²) >= 11 is 0. The molecule has 1 aliphatic carbocycles. The van der Waals surface area contributed by atoms with E-state index in [-0.39, 0.29) is 11.7 Å². The summed E-state index contributed by atoms with van der Waals surface area (Å²) in [6.07, 6.45) is 6.34. The number of hydrogen-bond acceptors (Lipinski definition) is 2. The lowest BCUT2D eigenvalue weighted by molar-refractivity contribution is 0.0941. The zero-order valence-electron chi connectivity index (χ0n) is 12.5. The Kier molecular flexibility index (Phi) is 5.05. The van der Waals surface area contributed by atoms with Gasteiger partial charge in [-0.25, -0.2) is 0 Å². The van der Waals surface area contributed by atoms with E-state index >= 15 is 0 Å². The molecule has 110 valence electrons. The molecule has 2 N–H and O–H groups in total. The summed E-state index contributed by atoms with van der Waals surface area (Å²) in [5.74, 6) is 1.71. The van der Waals surface area contributed by atoms with E-state index < -0.39 is 0 Å². The predicted octanol–water partition coefficient (Wildman–Crippen LogP) is 3.65. The number of aryl methyl sites for hydroxylation is 1. The van der Waals surface area contributed by atoms with Gasteiger partial charge >= 0.3 is 0 Å². The SMILES string of the molecule is CCC1CCC(CNC(=O)c2ccc(O)c(C)c2)CC1. The van der Waals surface area contributed by atoms with Crippen molar-refractivity contribution < 1.29 is 9.90 Å². The molecule has 1 fully saturated rings. The number of hydrogen-bond donors (Lipinski definition) is 2. The maximum absolute atomic E-state index is 12.1. The van der Waals surface area contributed by atoms with Crippen LogP contribution in [0, 0.1) is 18.8 Å². The zero-order chi connectivity index (χ0) is 14.5. The molecule has 2 rings (SSSR count). The number of amides is 1. The Morgan fingerprint density at radius 1 is 1.25 bits per heavy atom. The molecule has 20 heavy (non-hydrogen) atoms. The molecule has 0 atom stereocenters. The molecule has 0 radical (unpaired) electrons. The van der Waals surface area contributed by atoms with Crippen molar-refractivity contribution >= 4 is 5.91 Å². The highest BCUT2D eigenvalue weighted by Gasteiger charge is 2.20. The summed E-state index contributed by atoms with van der Waals surface area (Å²) in [5.41, 5.74) is 1.36. The number of rotatable bonds is 4. The van der Waals surface area contributed by atoms with Crippen molar-refractivity contribution in [1.82, 2.24) is 5.32 Å². The average molecular weight is 275 g/mol. The molecule has 1 saturated carbocycles. The molecular weight excluding hydrogens is 250 g/mol. The minimum absolute atomic E-state index is 0.0364. The van der Waals surface area contributed by atoms with Crippen LogP contribution in [0.25, 0.3) is 0 Å². The molecule has 0 bridgehead atoms. The van der Waals surface area contributed by atoms with Crippen LogP contribution in [0.4, 0.5) is 0 Å². The maximum atomic E-state index is 12.1. The van der Waals surface area contributed by atoms with Gasteiger partial charge in [-0.1, -0.05) is 26.2 Å². The molecule has 0 unspecified atom stereocenters. The van der Waals surface area contributed by atoms with Crippen LogP contribution >= 0.6 is 0 Å². The summed E-state index contributed by atoms with van der Waals surface area (Å²) in [4.78, 5) is 12.1. The van der Waals surface area contributed by atoms with Crippen molar-refractivity contribution in [2.45, 2.75) is 46.0 Å². The van der Waals surface area contributed by atoms with Crippen molar-refractivity contribution in [2.75, 3.05) is 6.54 Å². The molecule has 0 spiro atoms. The number of phenols is 1. The third-order valence-electron chi connectivity index (χ3n) is 4.55. The average Bonchev–Trinajstić information content (AvgIpc) is 2.48. The molecule has 1 amide bonds. The van der Waals surface area contributed by atoms with Gasteiger partial charge in [-0.15, -0.1) is 0 Å². The monoisotopic (exact) mass is 275 g/mol. The van der Waals surface area contributed by atoms with E-state index in [1.165, 1.54) is 32.1 Å². The normalized spacial score (nSPS) is 22.5. The highest BCUT2D eigenvalue weighted by molar-refractivity contribution is 5.94. The second kappa shape index (κ2) is 6.78. The molecular formula is C17H25NO2. The first-order valence-corrected chi connectivity index (χ1v) is 7.68. The number of carbonyl (C=O) groups excluding carboxylic acids is 1. The quantitative estimate of drug-likeness (QED) is 0.881. The van der Waals surface area contributed by atoms with Crippen LogP contribution in [0.2, 0.25) is 0 Å². The topological polar surface area (TPSA) is 49.3 Å². The number of phenolic OH excluding ortho intramolecular Hbond substituents is 1. The van der Waals surface area contributed by atoms with Gasteiger partial charge in [0.05, 0.1) is 0 Å². The van der Waals surface area contributed by atoms with E-state index in [2.05, 4.69) is 12.2 Å². The van der Waals surface area contributed by atoms with Gasteiger partial charge in [-0.05, 0) is 55.4 Å². The van der Waals surface area contributed by atoms with Crippen LogP contribution in [0.1, 0.15) is 54.9 Å². The highest BCUT2D eigenvalue weighted by atomic mass is 16.3. The minimum Gasteiger partial charge on any atom is -0.508 e. The summed E-state index contributed by atoms with van der Waals surface area (Å²) in [6.45, 7) is 4.84. The molecule has 0 aliphatic heterocycles. The summed E-state index contributed by atoms with van der Waals surface area (Å²) in [5, 5.41) is 12.5. The van der Waals surface area contributed by atoms with Crippen LogP contribution in [0.15, 0.2) is 18.2 Å². The second-order valence-electron chi connectivity index (χ2n) is 6.01. The van der Waals surface area contributed by atoms with Crippen LogP contribution in [-0.4, -0.2) is 17.6 Å². The van der Waals surface area contributed by atoms with Crippen LogP contribution in [0.5, 0.6) is 5.75 Å². The molecule has 1 aromatic rings. The van der Waals surface area contributed by atoms with Gasteiger partial charge in [-0.2, -0.15) is 0 Å². The maximum Gasteiger partial charge on any atom is 0.251 e. The fourth-order valence-electron chi connectivity index (χ4n) is 2.98. The number of benzene rings is 1. The van der Waals surface area contributed by atoms with Crippen molar-refractivity contribution in [2.24, 2.45) is 11.8 Å². The standard InChI is InChI=1S/C17H25NO2/c1-3-13-4-6-14(7-5-13)11-18-17(20)15-8-9-16(19)12(2)10-15/h8-10,13-14,19H,3-7,11H2,1-2H3,(H,18,20). The van der Waals surface area contributed by atoms with Gasteiger partial charge in [0.15, 0.2) is 0 Å². The zero-order valence-corrected chi connectivity index (χ0v) is 12.5. The van der Waals surface area contributed by atoms with Gasteiger partial charge < -0.3 is 10.4 Å². The van der Waals surface area contributed by atoms with Crippen molar-refractivity contribution in [3.63, 3.8) is 0 Å². The Balaban J connectivity index is 1.82. The van der Waals surface area contributed by atoms with Crippen molar-refractivity contribution in [3.8, 4) is 5.75 Å². The largest absolute Gasteiger partial charge is 0.508 e. The smallest absolute Gasteiger partial charge is 0.251 e. The van der Waals surface area contributed by atoms with Crippen molar-refractivity contribution in [1.29, 1.82) is 0 Å². The Hall–Kier alpha value is -1.51. The Morgan fingerprint density at radius 3 is 2.50 bits per heavy atom. The third-order valence-corrected chi connectivity index (χ3v) is 4.55. The first-order valence-electron chi connectivity index (χ1n) is 7.68. The fraction of sp³-hybridized carbons (Fsp3) is 0.588. The first kappa shape index (κ1) is 14.9. The van der Waals surface area contributed by atoms with Crippen LogP contribution in [-0.2, 0) is 0 Å². The van der Waals surface area contributed by atoms with E-state index in [1.807, 2.05) is 0 Å². The molecule has 1 aliphatic rings. The lowest BCUT2D eigenvalue weighted by Gasteiger charge is -2.27. The summed E-state index contributed by atoms with van der Waals surface area (Å²) < 4.78 is 0. The van der Waals surface area contributed by atoms with Crippen LogP contribution in [0.3, 0.4) is 0 Å².